The molecule has 1 aromatic carbocycles. The van der Waals surface area contributed by atoms with E-state index in [1.54, 1.807) is 11.1 Å². The number of hydrogen-bond acceptors (Lipinski definition) is 0. The van der Waals surface area contributed by atoms with Crippen molar-refractivity contribution in [3.05, 3.63) is 35.4 Å². The smallest absolute Gasteiger partial charge is 0.00684 e. The fraction of sp³-hybridized carbons (Fsp3) is 0.700. The average Bonchev–Trinajstić information content (AvgIpc) is 2.41. The molecule has 0 aliphatic carbocycles. The molecule has 0 atom stereocenters. The van der Waals surface area contributed by atoms with Crippen LogP contribution in [0.4, 0.5) is 0 Å². The van der Waals surface area contributed by atoms with Crippen LogP contribution in [-0.2, 0) is 12.3 Å². The summed E-state index contributed by atoms with van der Waals surface area (Å²) >= 11 is 0. The van der Waals surface area contributed by atoms with E-state index in [2.05, 4.69) is 79.7 Å². The van der Waals surface area contributed by atoms with Crippen LogP contribution in [0.1, 0.15) is 66.5 Å². The van der Waals surface area contributed by atoms with Crippen LogP contribution in [0.5, 0.6) is 0 Å². The quantitative estimate of drug-likeness (QED) is 0.437. The lowest BCUT2D eigenvalue weighted by atomic mass is 10.2. The van der Waals surface area contributed by atoms with Gasteiger partial charge in [0, 0.05) is 0 Å². The van der Waals surface area contributed by atoms with Gasteiger partial charge in [0.25, 0.3) is 0 Å². The Bertz CT molecular complexity index is 382. The number of benzene rings is 1. The second-order valence-electron chi connectivity index (χ2n) is 7.54. The van der Waals surface area contributed by atoms with Crippen molar-refractivity contribution < 1.29 is 0 Å². The molecule has 0 aliphatic heterocycles. The average molecular weight is 338 g/mol. The maximum Gasteiger partial charge on any atom is -0.00684 e. The highest BCUT2D eigenvalue weighted by Gasteiger charge is 2.19. The van der Waals surface area contributed by atoms with E-state index in [9.17, 15) is 0 Å². The zero-order valence-corrected chi connectivity index (χ0v) is 17.7. The Kier molecular flexibility index (Phi) is 8.59. The third-order valence-electron chi connectivity index (χ3n) is 4.37. The molecule has 22 heavy (non-hydrogen) atoms. The van der Waals surface area contributed by atoms with Gasteiger partial charge in [-0.2, -0.15) is 0 Å². The Morgan fingerprint density at radius 2 is 0.955 bits per heavy atom. The van der Waals surface area contributed by atoms with Crippen LogP contribution in [0.3, 0.4) is 0 Å². The molecular weight excluding hydrogens is 302 g/mol. The van der Waals surface area contributed by atoms with E-state index in [1.807, 2.05) is 0 Å². The maximum absolute atomic E-state index is 2.50. The van der Waals surface area contributed by atoms with Crippen molar-refractivity contribution in [2.24, 2.45) is 0 Å². The van der Waals surface area contributed by atoms with Crippen LogP contribution in [0.25, 0.3) is 0 Å². The molecular formula is C20H36P2. The number of hydrogen-bond donors (Lipinski definition) is 0. The lowest BCUT2D eigenvalue weighted by Crippen LogP contribution is -2.07. The van der Waals surface area contributed by atoms with Crippen molar-refractivity contribution in [3.63, 3.8) is 0 Å². The van der Waals surface area contributed by atoms with Crippen molar-refractivity contribution in [3.8, 4) is 0 Å². The molecule has 0 fully saturated rings. The maximum atomic E-state index is 2.50. The summed E-state index contributed by atoms with van der Waals surface area (Å²) in [6, 6.07) is 9.47. The van der Waals surface area contributed by atoms with Gasteiger partial charge in [0.05, 0.1) is 0 Å². The van der Waals surface area contributed by atoms with Crippen molar-refractivity contribution in [1.82, 2.24) is 0 Å². The molecule has 0 aromatic heterocycles. The Balaban J connectivity index is 2.85. The Morgan fingerprint density at radius 3 is 1.23 bits per heavy atom. The number of rotatable bonds is 8. The monoisotopic (exact) mass is 338 g/mol. The molecule has 0 aliphatic rings. The van der Waals surface area contributed by atoms with E-state index in [1.165, 1.54) is 12.3 Å². The van der Waals surface area contributed by atoms with Crippen LogP contribution in [0.15, 0.2) is 24.3 Å². The van der Waals surface area contributed by atoms with Crippen LogP contribution in [0.2, 0.25) is 0 Å². The molecule has 0 saturated carbocycles. The van der Waals surface area contributed by atoms with Crippen molar-refractivity contribution in [2.45, 2.75) is 90.3 Å². The molecule has 0 amide bonds. The minimum atomic E-state index is 0.0927. The van der Waals surface area contributed by atoms with Gasteiger partial charge in [0.15, 0.2) is 0 Å². The molecule has 0 nitrogen and oxygen atoms in total. The van der Waals surface area contributed by atoms with Gasteiger partial charge in [-0.25, -0.2) is 0 Å². The first-order valence-corrected chi connectivity index (χ1v) is 12.1. The van der Waals surface area contributed by atoms with Gasteiger partial charge in [-0.15, -0.1) is 0 Å². The summed E-state index contributed by atoms with van der Waals surface area (Å²) in [6.45, 7) is 19.2. The van der Waals surface area contributed by atoms with Gasteiger partial charge in [0.1, 0.15) is 0 Å². The zero-order valence-electron chi connectivity index (χ0n) is 15.9. The first-order chi connectivity index (χ1) is 10.2. The molecule has 2 heteroatoms. The van der Waals surface area contributed by atoms with E-state index < -0.39 is 0 Å². The third-order valence-corrected chi connectivity index (χ3v) is 11.1. The SMILES string of the molecule is CC(C)P(Cc1cccc(CP(C(C)C)C(C)C)c1)C(C)C. The predicted octanol–water partition coefficient (Wildman–Crippen LogP) is 7.28. The van der Waals surface area contributed by atoms with E-state index in [-0.39, 0.29) is 15.8 Å². The summed E-state index contributed by atoms with van der Waals surface area (Å²) in [5, 5.41) is 0. The zero-order chi connectivity index (χ0) is 16.9. The molecule has 0 N–H and O–H groups in total. The first-order valence-electron chi connectivity index (χ1n) is 8.81. The summed E-state index contributed by atoms with van der Waals surface area (Å²) < 4.78 is 0. The van der Waals surface area contributed by atoms with E-state index >= 15 is 0 Å². The molecule has 126 valence electrons. The van der Waals surface area contributed by atoms with Gasteiger partial charge in [0.2, 0.25) is 0 Å². The molecule has 0 heterocycles. The fourth-order valence-electron chi connectivity index (χ4n) is 3.17. The van der Waals surface area contributed by atoms with Crippen molar-refractivity contribution >= 4 is 15.8 Å². The minimum absolute atomic E-state index is 0.0927. The highest BCUT2D eigenvalue weighted by molar-refractivity contribution is 7.58. The molecule has 0 spiro atoms. The fourth-order valence-corrected chi connectivity index (χ4v) is 8.25. The lowest BCUT2D eigenvalue weighted by molar-refractivity contribution is 0.991. The molecule has 0 radical (unpaired) electrons. The first kappa shape index (κ1) is 20.1. The molecule has 1 aromatic rings. The van der Waals surface area contributed by atoms with Gasteiger partial charge in [-0.05, 0) is 46.1 Å². The lowest BCUT2D eigenvalue weighted by Gasteiger charge is -2.27. The van der Waals surface area contributed by atoms with E-state index in [0.29, 0.717) is 0 Å². The highest BCUT2D eigenvalue weighted by atomic mass is 31.1. The summed E-state index contributed by atoms with van der Waals surface area (Å²) in [5.41, 5.74) is 6.41. The van der Waals surface area contributed by atoms with Gasteiger partial charge in [-0.3, -0.25) is 0 Å². The van der Waals surface area contributed by atoms with Crippen molar-refractivity contribution in [1.29, 1.82) is 0 Å². The second-order valence-corrected chi connectivity index (χ2v) is 14.4. The van der Waals surface area contributed by atoms with Crippen molar-refractivity contribution in [2.75, 3.05) is 0 Å². The second kappa shape index (κ2) is 9.39. The van der Waals surface area contributed by atoms with Gasteiger partial charge in [-0.1, -0.05) is 95.5 Å². The Hall–Kier alpha value is 0.0800. The highest BCUT2D eigenvalue weighted by Crippen LogP contribution is 2.50. The normalized spacial score (nSPS) is 12.6. The van der Waals surface area contributed by atoms with Crippen LogP contribution in [-0.4, -0.2) is 22.6 Å². The standard InChI is InChI=1S/C20H36P2/c1-15(2)21(16(3)4)13-19-10-9-11-20(12-19)14-22(17(5)6)18(7)8/h9-12,15-18H,13-14H2,1-8H3. The molecule has 1 rings (SSSR count). The van der Waals surface area contributed by atoms with Gasteiger partial charge < -0.3 is 0 Å². The molecule has 0 bridgehead atoms. The summed E-state index contributed by atoms with van der Waals surface area (Å²) in [7, 11) is 0.185. The summed E-state index contributed by atoms with van der Waals surface area (Å²) in [4.78, 5) is 0. The van der Waals surface area contributed by atoms with Crippen LogP contribution < -0.4 is 0 Å². The van der Waals surface area contributed by atoms with E-state index in [0.717, 1.165) is 22.6 Å². The Morgan fingerprint density at radius 1 is 0.636 bits per heavy atom. The van der Waals surface area contributed by atoms with Crippen LogP contribution in [0, 0.1) is 0 Å². The van der Waals surface area contributed by atoms with E-state index in [4.69, 9.17) is 0 Å². The largest absolute Gasteiger partial charge is 0.0970 e. The summed E-state index contributed by atoms with van der Waals surface area (Å²) in [6.07, 6.45) is 2.58. The van der Waals surface area contributed by atoms with Gasteiger partial charge >= 0.3 is 0 Å². The summed E-state index contributed by atoms with van der Waals surface area (Å²) in [5.74, 6) is 0. The van der Waals surface area contributed by atoms with Crippen LogP contribution >= 0.6 is 15.8 Å². The Labute approximate surface area is 142 Å². The minimum Gasteiger partial charge on any atom is -0.0970 e. The predicted molar refractivity (Wildman–Crippen MR) is 108 cm³/mol. The third kappa shape index (κ3) is 6.29. The molecule has 0 saturated heterocycles. The topological polar surface area (TPSA) is 0 Å². The molecule has 0 unspecified atom stereocenters.